The summed E-state index contributed by atoms with van der Waals surface area (Å²) in [6, 6.07) is 3.39. The molecular formula is C11H11ClN2O2. The van der Waals surface area contributed by atoms with Crippen LogP contribution in [-0.2, 0) is 6.54 Å². The van der Waals surface area contributed by atoms with Gasteiger partial charge in [-0.15, -0.1) is 0 Å². The Labute approximate surface area is 97.8 Å². The second kappa shape index (κ2) is 4.14. The first kappa shape index (κ1) is 11.0. The molecule has 2 aromatic heterocycles. The summed E-state index contributed by atoms with van der Waals surface area (Å²) in [4.78, 5) is 10.5. The molecule has 2 aromatic rings. The lowest BCUT2D eigenvalue weighted by atomic mass is 10.4. The molecule has 4 nitrogen and oxygen atoms in total. The maximum atomic E-state index is 10.5. The fraction of sp³-hybridized carbons (Fsp3) is 0.273. The molecule has 2 rings (SSSR count). The van der Waals surface area contributed by atoms with E-state index in [9.17, 15) is 4.79 Å². The van der Waals surface area contributed by atoms with E-state index in [2.05, 4.69) is 5.10 Å². The van der Waals surface area contributed by atoms with Crippen molar-refractivity contribution in [3.05, 3.63) is 40.1 Å². The molecule has 0 aromatic carbocycles. The third-order valence-corrected chi connectivity index (χ3v) is 2.94. The SMILES string of the molecule is Cc1nn(Cc2ccc(C=O)o2)c(C)c1Cl. The van der Waals surface area contributed by atoms with Crippen molar-refractivity contribution >= 4 is 17.9 Å². The molecule has 5 heteroatoms. The number of furan rings is 1. The largest absolute Gasteiger partial charge is 0.456 e. The molecule has 0 aliphatic carbocycles. The van der Waals surface area contributed by atoms with E-state index in [1.165, 1.54) is 0 Å². The molecule has 0 spiro atoms. The molecule has 2 heterocycles. The number of hydrogen-bond acceptors (Lipinski definition) is 3. The first-order chi connectivity index (χ1) is 7.61. The third-order valence-electron chi connectivity index (χ3n) is 2.40. The number of halogens is 1. The molecule has 0 fully saturated rings. The molecule has 0 amide bonds. The van der Waals surface area contributed by atoms with Crippen LogP contribution in [0.25, 0.3) is 0 Å². The summed E-state index contributed by atoms with van der Waals surface area (Å²) in [6.07, 6.45) is 0.678. The molecule has 0 bridgehead atoms. The van der Waals surface area contributed by atoms with E-state index in [1.807, 2.05) is 13.8 Å². The van der Waals surface area contributed by atoms with Crippen LogP contribution in [0.2, 0.25) is 5.02 Å². The van der Waals surface area contributed by atoms with Gasteiger partial charge in [-0.1, -0.05) is 11.6 Å². The number of carbonyl (C=O) groups is 1. The van der Waals surface area contributed by atoms with Crippen molar-refractivity contribution in [2.45, 2.75) is 20.4 Å². The van der Waals surface area contributed by atoms with E-state index in [-0.39, 0.29) is 0 Å². The Morgan fingerprint density at radius 3 is 2.75 bits per heavy atom. The minimum atomic E-state index is 0.322. The monoisotopic (exact) mass is 238 g/mol. The smallest absolute Gasteiger partial charge is 0.185 e. The van der Waals surface area contributed by atoms with E-state index in [1.54, 1.807) is 16.8 Å². The van der Waals surface area contributed by atoms with Crippen molar-refractivity contribution < 1.29 is 9.21 Å². The van der Waals surface area contributed by atoms with Gasteiger partial charge in [-0.2, -0.15) is 5.10 Å². The second-order valence-electron chi connectivity index (χ2n) is 3.56. The van der Waals surface area contributed by atoms with Gasteiger partial charge in [-0.25, -0.2) is 0 Å². The Morgan fingerprint density at radius 1 is 1.50 bits per heavy atom. The molecule has 0 N–H and O–H groups in total. The van der Waals surface area contributed by atoms with E-state index in [0.717, 1.165) is 11.4 Å². The average molecular weight is 239 g/mol. The van der Waals surface area contributed by atoms with Gasteiger partial charge in [0.15, 0.2) is 12.0 Å². The van der Waals surface area contributed by atoms with Gasteiger partial charge in [-0.3, -0.25) is 9.48 Å². The summed E-state index contributed by atoms with van der Waals surface area (Å²) in [7, 11) is 0. The molecule has 16 heavy (non-hydrogen) atoms. The van der Waals surface area contributed by atoms with Crippen molar-refractivity contribution in [3.8, 4) is 0 Å². The summed E-state index contributed by atoms with van der Waals surface area (Å²) in [5.41, 5.74) is 1.68. The topological polar surface area (TPSA) is 48.0 Å². The summed E-state index contributed by atoms with van der Waals surface area (Å²) in [5.74, 6) is 1.01. The normalized spacial score (nSPS) is 10.7. The molecule has 0 radical (unpaired) electrons. The highest BCUT2D eigenvalue weighted by Crippen LogP contribution is 2.20. The van der Waals surface area contributed by atoms with Gasteiger partial charge >= 0.3 is 0 Å². The lowest BCUT2D eigenvalue weighted by Crippen LogP contribution is -2.02. The molecule has 0 saturated carbocycles. The quantitative estimate of drug-likeness (QED) is 0.773. The maximum absolute atomic E-state index is 10.5. The number of carbonyl (C=O) groups excluding carboxylic acids is 1. The molecular weight excluding hydrogens is 228 g/mol. The average Bonchev–Trinajstić information content (AvgIpc) is 2.81. The van der Waals surface area contributed by atoms with Gasteiger partial charge < -0.3 is 4.42 Å². The number of hydrogen-bond donors (Lipinski definition) is 0. The minimum Gasteiger partial charge on any atom is -0.456 e. The Morgan fingerprint density at radius 2 is 2.25 bits per heavy atom. The third kappa shape index (κ3) is 1.88. The van der Waals surface area contributed by atoms with Crippen LogP contribution in [-0.4, -0.2) is 16.1 Å². The van der Waals surface area contributed by atoms with Crippen molar-refractivity contribution in [2.75, 3.05) is 0 Å². The van der Waals surface area contributed by atoms with Crippen LogP contribution in [0.4, 0.5) is 0 Å². The number of aromatic nitrogens is 2. The first-order valence-corrected chi connectivity index (χ1v) is 5.23. The Bertz CT molecular complexity index is 528. The molecule has 0 atom stereocenters. The van der Waals surface area contributed by atoms with Gasteiger partial charge in [0.2, 0.25) is 0 Å². The van der Waals surface area contributed by atoms with E-state index >= 15 is 0 Å². The highest BCUT2D eigenvalue weighted by molar-refractivity contribution is 6.31. The summed E-state index contributed by atoms with van der Waals surface area (Å²) >= 11 is 6.03. The van der Waals surface area contributed by atoms with Crippen LogP contribution in [0.5, 0.6) is 0 Å². The zero-order chi connectivity index (χ0) is 11.7. The standard InChI is InChI=1S/C11H11ClN2O2/c1-7-11(12)8(2)14(13-7)5-9-3-4-10(6-15)16-9/h3-4,6H,5H2,1-2H3. The number of nitrogens with zero attached hydrogens (tertiary/aromatic N) is 2. The lowest BCUT2D eigenvalue weighted by Gasteiger charge is -2.00. The van der Waals surface area contributed by atoms with Gasteiger partial charge in [-0.05, 0) is 26.0 Å². The Balaban J connectivity index is 2.26. The number of rotatable bonds is 3. The van der Waals surface area contributed by atoms with Crippen molar-refractivity contribution in [1.29, 1.82) is 0 Å². The van der Waals surface area contributed by atoms with Crippen LogP contribution in [0.1, 0.15) is 27.7 Å². The fourth-order valence-corrected chi connectivity index (χ4v) is 1.65. The van der Waals surface area contributed by atoms with Crippen LogP contribution < -0.4 is 0 Å². The molecule has 0 aliphatic rings. The van der Waals surface area contributed by atoms with Crippen molar-refractivity contribution in [3.63, 3.8) is 0 Å². The predicted molar refractivity (Wildman–Crippen MR) is 59.9 cm³/mol. The molecule has 0 unspecified atom stereocenters. The second-order valence-corrected chi connectivity index (χ2v) is 3.94. The van der Waals surface area contributed by atoms with Crippen LogP contribution in [0, 0.1) is 13.8 Å². The van der Waals surface area contributed by atoms with Gasteiger partial charge in [0, 0.05) is 0 Å². The predicted octanol–water partition coefficient (Wildman–Crippen LogP) is 2.61. The summed E-state index contributed by atoms with van der Waals surface area (Å²) in [5, 5.41) is 4.95. The highest BCUT2D eigenvalue weighted by Gasteiger charge is 2.10. The molecule has 0 saturated heterocycles. The number of aldehydes is 1. The van der Waals surface area contributed by atoms with Gasteiger partial charge in [0.25, 0.3) is 0 Å². The van der Waals surface area contributed by atoms with Gasteiger partial charge in [0.1, 0.15) is 5.76 Å². The maximum Gasteiger partial charge on any atom is 0.185 e. The first-order valence-electron chi connectivity index (χ1n) is 4.85. The fourth-order valence-electron chi connectivity index (χ4n) is 1.52. The van der Waals surface area contributed by atoms with Crippen LogP contribution >= 0.6 is 11.6 Å². The Hall–Kier alpha value is -1.55. The van der Waals surface area contributed by atoms with E-state index in [4.69, 9.17) is 16.0 Å². The Kier molecular flexibility index (Phi) is 2.83. The minimum absolute atomic E-state index is 0.322. The zero-order valence-electron chi connectivity index (χ0n) is 9.03. The highest BCUT2D eigenvalue weighted by atomic mass is 35.5. The van der Waals surface area contributed by atoms with E-state index < -0.39 is 0 Å². The van der Waals surface area contributed by atoms with Crippen molar-refractivity contribution in [2.24, 2.45) is 0 Å². The number of aryl methyl sites for hydroxylation is 1. The lowest BCUT2D eigenvalue weighted by molar-refractivity contribution is 0.109. The summed E-state index contributed by atoms with van der Waals surface area (Å²) in [6.45, 7) is 4.23. The van der Waals surface area contributed by atoms with E-state index in [0.29, 0.717) is 29.4 Å². The van der Waals surface area contributed by atoms with Gasteiger partial charge in [0.05, 0.1) is 23.0 Å². The molecule has 84 valence electrons. The van der Waals surface area contributed by atoms with Crippen LogP contribution in [0.3, 0.4) is 0 Å². The molecule has 0 aliphatic heterocycles. The van der Waals surface area contributed by atoms with Crippen LogP contribution in [0.15, 0.2) is 16.5 Å². The zero-order valence-corrected chi connectivity index (χ0v) is 9.78. The summed E-state index contributed by atoms with van der Waals surface area (Å²) < 4.78 is 7.02. The van der Waals surface area contributed by atoms with Crippen molar-refractivity contribution in [1.82, 2.24) is 9.78 Å².